The zero-order valence-electron chi connectivity index (χ0n) is 11.9. The molecule has 0 spiro atoms. The number of rotatable bonds is 5. The summed E-state index contributed by atoms with van der Waals surface area (Å²) in [5, 5.41) is 0. The van der Waals surface area contributed by atoms with Crippen molar-refractivity contribution in [1.29, 1.82) is 0 Å². The average molecular weight is 340 g/mol. The lowest BCUT2D eigenvalue weighted by atomic mass is 9.89. The molecular weight excluding hydrogens is 318 g/mol. The first-order valence-electron chi connectivity index (χ1n) is 7.40. The van der Waals surface area contributed by atoms with Crippen molar-refractivity contribution in [2.45, 2.75) is 32.2 Å². The molecule has 2 fully saturated rings. The first kappa shape index (κ1) is 14.2. The predicted octanol–water partition coefficient (Wildman–Crippen LogP) is 3.73. The number of hydrogen-bond acceptors (Lipinski definition) is 3. The van der Waals surface area contributed by atoms with E-state index in [0.29, 0.717) is 6.54 Å². The van der Waals surface area contributed by atoms with Crippen LogP contribution >= 0.6 is 15.9 Å². The molecule has 0 heterocycles. The van der Waals surface area contributed by atoms with Crippen LogP contribution < -0.4 is 15.2 Å². The highest BCUT2D eigenvalue weighted by Gasteiger charge is 2.39. The summed E-state index contributed by atoms with van der Waals surface area (Å²) in [7, 11) is 1.67. The van der Waals surface area contributed by atoms with Crippen molar-refractivity contribution >= 4 is 15.9 Å². The Bertz CT molecular complexity index is 492. The lowest BCUT2D eigenvalue weighted by Gasteiger charge is -2.23. The van der Waals surface area contributed by atoms with Gasteiger partial charge in [-0.05, 0) is 70.6 Å². The van der Waals surface area contributed by atoms with Crippen molar-refractivity contribution in [3.63, 3.8) is 0 Å². The number of fused-ring (bicyclic) bond motifs is 2. The summed E-state index contributed by atoms with van der Waals surface area (Å²) in [6.45, 7) is 1.31. The molecule has 1 aromatic carbocycles. The van der Waals surface area contributed by atoms with Crippen LogP contribution in [0.15, 0.2) is 16.6 Å². The Morgan fingerprint density at radius 3 is 2.75 bits per heavy atom. The summed E-state index contributed by atoms with van der Waals surface area (Å²) in [5.41, 5.74) is 6.73. The molecule has 3 nitrogen and oxygen atoms in total. The Morgan fingerprint density at radius 1 is 1.30 bits per heavy atom. The van der Waals surface area contributed by atoms with Gasteiger partial charge in [-0.3, -0.25) is 0 Å². The number of hydrogen-bond donors (Lipinski definition) is 1. The number of halogens is 1. The van der Waals surface area contributed by atoms with Crippen LogP contribution in [0, 0.1) is 17.8 Å². The molecule has 0 aromatic heterocycles. The van der Waals surface area contributed by atoms with Crippen LogP contribution in [0.25, 0.3) is 0 Å². The van der Waals surface area contributed by atoms with Crippen LogP contribution in [-0.2, 0) is 6.54 Å². The molecule has 2 bridgehead atoms. The highest BCUT2D eigenvalue weighted by Crippen LogP contribution is 2.48. The van der Waals surface area contributed by atoms with E-state index in [1.54, 1.807) is 7.11 Å². The first-order valence-corrected chi connectivity index (χ1v) is 8.19. The molecule has 0 saturated heterocycles. The number of benzene rings is 1. The fraction of sp³-hybridized carbons (Fsp3) is 0.625. The van der Waals surface area contributed by atoms with E-state index in [9.17, 15) is 0 Å². The molecule has 1 aromatic rings. The number of nitrogens with two attached hydrogens (primary N) is 1. The molecule has 2 aliphatic carbocycles. The van der Waals surface area contributed by atoms with E-state index in [1.165, 1.54) is 25.7 Å². The van der Waals surface area contributed by atoms with Gasteiger partial charge in [-0.2, -0.15) is 0 Å². The normalized spacial score (nSPS) is 27.9. The van der Waals surface area contributed by atoms with Gasteiger partial charge < -0.3 is 15.2 Å². The van der Waals surface area contributed by atoms with E-state index < -0.39 is 0 Å². The van der Waals surface area contributed by atoms with Crippen LogP contribution in [0.5, 0.6) is 11.5 Å². The molecule has 2 saturated carbocycles. The van der Waals surface area contributed by atoms with Crippen LogP contribution in [-0.4, -0.2) is 13.7 Å². The van der Waals surface area contributed by atoms with E-state index in [1.807, 2.05) is 12.1 Å². The lowest BCUT2D eigenvalue weighted by Crippen LogP contribution is -2.19. The Hall–Kier alpha value is -0.740. The smallest absolute Gasteiger partial charge is 0.175 e. The summed E-state index contributed by atoms with van der Waals surface area (Å²) in [6.07, 6.45) is 5.58. The third kappa shape index (κ3) is 2.68. The first-order chi connectivity index (χ1) is 9.71. The van der Waals surface area contributed by atoms with Crippen LogP contribution in [0.3, 0.4) is 0 Å². The lowest BCUT2D eigenvalue weighted by molar-refractivity contribution is 0.189. The van der Waals surface area contributed by atoms with Gasteiger partial charge >= 0.3 is 0 Å². The monoisotopic (exact) mass is 339 g/mol. The van der Waals surface area contributed by atoms with E-state index in [-0.39, 0.29) is 0 Å². The molecule has 0 aliphatic heterocycles. The van der Waals surface area contributed by atoms with Crippen molar-refractivity contribution in [3.8, 4) is 11.5 Å². The summed E-state index contributed by atoms with van der Waals surface area (Å²) in [4.78, 5) is 0. The highest BCUT2D eigenvalue weighted by atomic mass is 79.9. The van der Waals surface area contributed by atoms with Gasteiger partial charge in [0.1, 0.15) is 0 Å². The fourth-order valence-electron chi connectivity index (χ4n) is 3.80. The molecule has 3 unspecified atom stereocenters. The topological polar surface area (TPSA) is 44.5 Å². The van der Waals surface area contributed by atoms with Crippen LogP contribution in [0.4, 0.5) is 0 Å². The van der Waals surface area contributed by atoms with Crippen molar-refractivity contribution in [2.75, 3.05) is 13.7 Å². The second-order valence-corrected chi connectivity index (χ2v) is 6.91. The third-order valence-corrected chi connectivity index (χ3v) is 5.44. The summed E-state index contributed by atoms with van der Waals surface area (Å²) in [5.74, 6) is 4.14. The summed E-state index contributed by atoms with van der Waals surface area (Å²) >= 11 is 3.57. The molecule has 2 aliphatic rings. The van der Waals surface area contributed by atoms with E-state index >= 15 is 0 Å². The maximum Gasteiger partial charge on any atom is 0.175 e. The average Bonchev–Trinajstić information content (AvgIpc) is 3.07. The Morgan fingerprint density at radius 2 is 2.15 bits per heavy atom. The second-order valence-electron chi connectivity index (χ2n) is 6.06. The van der Waals surface area contributed by atoms with Crippen molar-refractivity contribution in [2.24, 2.45) is 23.5 Å². The van der Waals surface area contributed by atoms with E-state index in [0.717, 1.165) is 45.9 Å². The van der Waals surface area contributed by atoms with Crippen molar-refractivity contribution in [1.82, 2.24) is 0 Å². The Kier molecular flexibility index (Phi) is 4.22. The van der Waals surface area contributed by atoms with Crippen LogP contribution in [0.1, 0.15) is 31.2 Å². The molecule has 110 valence electrons. The molecule has 3 atom stereocenters. The van der Waals surface area contributed by atoms with Gasteiger partial charge in [-0.1, -0.05) is 6.42 Å². The zero-order chi connectivity index (χ0) is 14.1. The van der Waals surface area contributed by atoms with Gasteiger partial charge in [0.15, 0.2) is 11.5 Å². The van der Waals surface area contributed by atoms with Gasteiger partial charge in [0, 0.05) is 6.54 Å². The standard InChI is InChI=1S/C16H22BrNO2/c1-19-15-7-11(8-18)6-14(17)16(15)20-9-13-5-10-2-3-12(13)4-10/h6-7,10,12-13H,2-5,8-9,18H2,1H3. The number of methoxy groups -OCH3 is 1. The molecule has 2 N–H and O–H groups in total. The Balaban J connectivity index is 1.70. The third-order valence-electron chi connectivity index (χ3n) is 4.85. The van der Waals surface area contributed by atoms with Gasteiger partial charge in [-0.25, -0.2) is 0 Å². The zero-order valence-corrected chi connectivity index (χ0v) is 13.5. The molecular formula is C16H22BrNO2. The molecule has 20 heavy (non-hydrogen) atoms. The van der Waals surface area contributed by atoms with Crippen molar-refractivity contribution in [3.05, 3.63) is 22.2 Å². The quantitative estimate of drug-likeness (QED) is 0.888. The Labute approximate surface area is 129 Å². The maximum atomic E-state index is 6.08. The van der Waals surface area contributed by atoms with Gasteiger partial charge in [0.2, 0.25) is 0 Å². The van der Waals surface area contributed by atoms with Crippen molar-refractivity contribution < 1.29 is 9.47 Å². The van der Waals surface area contributed by atoms with E-state index in [4.69, 9.17) is 15.2 Å². The largest absolute Gasteiger partial charge is 0.493 e. The van der Waals surface area contributed by atoms with Gasteiger partial charge in [-0.15, -0.1) is 0 Å². The minimum atomic E-state index is 0.502. The SMILES string of the molecule is COc1cc(CN)cc(Br)c1OCC1CC2CCC1C2. The van der Waals surface area contributed by atoms with Crippen LogP contribution in [0.2, 0.25) is 0 Å². The second kappa shape index (κ2) is 5.94. The van der Waals surface area contributed by atoms with E-state index in [2.05, 4.69) is 15.9 Å². The number of ether oxygens (including phenoxy) is 2. The minimum Gasteiger partial charge on any atom is -0.493 e. The minimum absolute atomic E-state index is 0.502. The van der Waals surface area contributed by atoms with Gasteiger partial charge in [0.25, 0.3) is 0 Å². The molecule has 0 radical (unpaired) electrons. The van der Waals surface area contributed by atoms with Gasteiger partial charge in [0.05, 0.1) is 18.2 Å². The summed E-state index contributed by atoms with van der Waals surface area (Å²) in [6, 6.07) is 3.97. The molecule has 3 rings (SSSR count). The fourth-order valence-corrected chi connectivity index (χ4v) is 4.41. The molecule has 4 heteroatoms. The highest BCUT2D eigenvalue weighted by molar-refractivity contribution is 9.10. The molecule has 0 amide bonds. The summed E-state index contributed by atoms with van der Waals surface area (Å²) < 4.78 is 12.4. The maximum absolute atomic E-state index is 6.08. The predicted molar refractivity (Wildman–Crippen MR) is 83.0 cm³/mol.